The van der Waals surface area contributed by atoms with Gasteiger partial charge in [0.25, 0.3) is 0 Å². The molecule has 0 aromatic carbocycles. The Balaban J connectivity index is 5.09. The van der Waals surface area contributed by atoms with Crippen LogP contribution in [-0.2, 0) is 14.4 Å². The van der Waals surface area contributed by atoms with Gasteiger partial charge in [0.1, 0.15) is 6.04 Å². The first-order chi connectivity index (χ1) is 13.7. The third-order valence-corrected chi connectivity index (χ3v) is 5.04. The van der Waals surface area contributed by atoms with Crippen LogP contribution in [0.5, 0.6) is 0 Å². The fraction of sp³-hybridized carbons (Fsp3) is 0.857. The smallest absolute Gasteiger partial charge is 0.245 e. The van der Waals surface area contributed by atoms with Crippen LogP contribution < -0.4 is 22.1 Å². The molecular weight excluding hydrogens is 372 g/mol. The van der Waals surface area contributed by atoms with E-state index in [1.807, 2.05) is 0 Å². The SMILES string of the molecule is CCCCCCC(CCN)C(=O)N[C@H](C(=O)N[C@@H](CCN)C(=O)C(C)C)[C@H](C)O. The van der Waals surface area contributed by atoms with Crippen molar-refractivity contribution in [1.82, 2.24) is 10.6 Å². The van der Waals surface area contributed by atoms with E-state index in [4.69, 9.17) is 11.5 Å². The molecule has 7 N–H and O–H groups in total. The third-order valence-electron chi connectivity index (χ3n) is 5.04. The van der Waals surface area contributed by atoms with E-state index in [9.17, 15) is 19.5 Å². The molecule has 0 fully saturated rings. The van der Waals surface area contributed by atoms with Crippen molar-refractivity contribution in [2.24, 2.45) is 23.3 Å². The highest BCUT2D eigenvalue weighted by Gasteiger charge is 2.31. The highest BCUT2D eigenvalue weighted by Crippen LogP contribution is 2.15. The van der Waals surface area contributed by atoms with Crippen molar-refractivity contribution in [3.05, 3.63) is 0 Å². The normalized spacial score (nSPS) is 15.4. The van der Waals surface area contributed by atoms with Gasteiger partial charge in [0.05, 0.1) is 12.1 Å². The lowest BCUT2D eigenvalue weighted by molar-refractivity contribution is -0.135. The lowest BCUT2D eigenvalue weighted by Crippen LogP contribution is -2.57. The predicted molar refractivity (Wildman–Crippen MR) is 115 cm³/mol. The van der Waals surface area contributed by atoms with Gasteiger partial charge in [-0.2, -0.15) is 0 Å². The molecule has 2 amide bonds. The Hall–Kier alpha value is -1.51. The summed E-state index contributed by atoms with van der Waals surface area (Å²) in [7, 11) is 0. The first kappa shape index (κ1) is 27.5. The van der Waals surface area contributed by atoms with Crippen molar-refractivity contribution in [2.75, 3.05) is 13.1 Å². The monoisotopic (exact) mass is 414 g/mol. The average molecular weight is 415 g/mol. The molecule has 0 saturated carbocycles. The van der Waals surface area contributed by atoms with Gasteiger partial charge < -0.3 is 27.2 Å². The zero-order valence-corrected chi connectivity index (χ0v) is 18.6. The van der Waals surface area contributed by atoms with E-state index in [-0.39, 0.29) is 30.1 Å². The van der Waals surface area contributed by atoms with Gasteiger partial charge in [0, 0.05) is 11.8 Å². The minimum atomic E-state index is -1.14. The number of nitrogens with two attached hydrogens (primary N) is 2. The summed E-state index contributed by atoms with van der Waals surface area (Å²) in [5, 5.41) is 15.4. The molecule has 0 aliphatic rings. The molecule has 170 valence electrons. The molecule has 0 aromatic rings. The van der Waals surface area contributed by atoms with Crippen LogP contribution in [0.4, 0.5) is 0 Å². The molecule has 8 nitrogen and oxygen atoms in total. The fourth-order valence-electron chi connectivity index (χ4n) is 3.22. The van der Waals surface area contributed by atoms with E-state index in [0.717, 1.165) is 25.7 Å². The fourth-order valence-corrected chi connectivity index (χ4v) is 3.22. The summed E-state index contributed by atoms with van der Waals surface area (Å²) in [6.45, 7) is 7.68. The molecule has 8 heteroatoms. The summed E-state index contributed by atoms with van der Waals surface area (Å²) in [4.78, 5) is 37.7. The summed E-state index contributed by atoms with van der Waals surface area (Å²) >= 11 is 0. The number of unbranched alkanes of at least 4 members (excludes halogenated alkanes) is 3. The number of amides is 2. The summed E-state index contributed by atoms with van der Waals surface area (Å²) in [6, 6.07) is -1.88. The molecule has 4 atom stereocenters. The van der Waals surface area contributed by atoms with Crippen molar-refractivity contribution < 1.29 is 19.5 Å². The zero-order valence-electron chi connectivity index (χ0n) is 18.6. The summed E-state index contributed by atoms with van der Waals surface area (Å²) in [6.07, 6.45) is 4.59. The molecule has 1 unspecified atom stereocenters. The predicted octanol–water partition coefficient (Wildman–Crippen LogP) is 0.846. The van der Waals surface area contributed by atoms with Crippen LogP contribution in [0.15, 0.2) is 0 Å². The maximum absolute atomic E-state index is 12.7. The van der Waals surface area contributed by atoms with Crippen LogP contribution in [0.3, 0.4) is 0 Å². The molecule has 0 saturated heterocycles. The van der Waals surface area contributed by atoms with Crippen LogP contribution in [0, 0.1) is 11.8 Å². The van der Waals surface area contributed by atoms with Crippen molar-refractivity contribution in [1.29, 1.82) is 0 Å². The van der Waals surface area contributed by atoms with E-state index in [1.165, 1.54) is 6.92 Å². The van der Waals surface area contributed by atoms with Crippen LogP contribution in [0.25, 0.3) is 0 Å². The number of nitrogens with one attached hydrogen (secondary N) is 2. The number of aliphatic hydroxyl groups is 1. The second-order valence-corrected chi connectivity index (χ2v) is 8.05. The van der Waals surface area contributed by atoms with E-state index >= 15 is 0 Å². The Kier molecular flexibility index (Phi) is 14.5. The van der Waals surface area contributed by atoms with E-state index < -0.39 is 24.1 Å². The molecule has 0 radical (unpaired) electrons. The first-order valence-corrected chi connectivity index (χ1v) is 10.9. The number of Topliss-reactive ketones (excluding diaryl/α,β-unsaturated/α-hetero) is 1. The molecular formula is C21H42N4O4. The Morgan fingerprint density at radius 2 is 1.48 bits per heavy atom. The Morgan fingerprint density at radius 3 is 1.97 bits per heavy atom. The maximum Gasteiger partial charge on any atom is 0.245 e. The highest BCUT2D eigenvalue weighted by molar-refractivity contribution is 5.94. The zero-order chi connectivity index (χ0) is 22.4. The number of carbonyl (C=O) groups is 3. The molecule has 0 aromatic heterocycles. The number of rotatable bonds is 16. The minimum Gasteiger partial charge on any atom is -0.391 e. The van der Waals surface area contributed by atoms with Gasteiger partial charge in [0.15, 0.2) is 5.78 Å². The van der Waals surface area contributed by atoms with Crippen LogP contribution in [-0.4, -0.2) is 54.0 Å². The number of ketones is 1. The number of hydrogen-bond acceptors (Lipinski definition) is 6. The second-order valence-electron chi connectivity index (χ2n) is 8.05. The highest BCUT2D eigenvalue weighted by atomic mass is 16.3. The molecule has 0 bridgehead atoms. The number of hydrogen-bond donors (Lipinski definition) is 5. The van der Waals surface area contributed by atoms with Gasteiger partial charge in [-0.1, -0.05) is 46.5 Å². The summed E-state index contributed by atoms with van der Waals surface area (Å²) < 4.78 is 0. The lowest BCUT2D eigenvalue weighted by atomic mass is 9.95. The van der Waals surface area contributed by atoms with E-state index in [1.54, 1.807) is 13.8 Å². The molecule has 0 aliphatic carbocycles. The largest absolute Gasteiger partial charge is 0.391 e. The van der Waals surface area contributed by atoms with Crippen LogP contribution in [0.2, 0.25) is 0 Å². The number of carbonyl (C=O) groups excluding carboxylic acids is 3. The van der Waals surface area contributed by atoms with Crippen molar-refractivity contribution >= 4 is 17.6 Å². The van der Waals surface area contributed by atoms with Gasteiger partial charge in [-0.05, 0) is 39.3 Å². The minimum absolute atomic E-state index is 0.128. The Labute approximate surface area is 175 Å². The molecule has 0 heterocycles. The topological polar surface area (TPSA) is 148 Å². The second kappa shape index (κ2) is 15.3. The molecule has 0 aliphatic heterocycles. The number of aliphatic hydroxyl groups excluding tert-OH is 1. The standard InChI is InChI=1S/C21H42N4O4/c1-5-6-7-8-9-16(10-12-22)20(28)25-18(15(4)26)21(29)24-17(11-13-23)19(27)14(2)3/h14-18,26H,5-13,22-23H2,1-4H3,(H,24,29)(H,25,28)/t15-,16?,17-,18-/m0/s1. The van der Waals surface area contributed by atoms with Crippen LogP contribution in [0.1, 0.15) is 72.6 Å². The van der Waals surface area contributed by atoms with Gasteiger partial charge in [-0.25, -0.2) is 0 Å². The molecule has 29 heavy (non-hydrogen) atoms. The van der Waals surface area contributed by atoms with Crippen molar-refractivity contribution in [3.63, 3.8) is 0 Å². The van der Waals surface area contributed by atoms with E-state index in [0.29, 0.717) is 25.8 Å². The van der Waals surface area contributed by atoms with Gasteiger partial charge in [-0.15, -0.1) is 0 Å². The lowest BCUT2D eigenvalue weighted by Gasteiger charge is -2.26. The molecule has 0 rings (SSSR count). The third kappa shape index (κ3) is 10.7. The van der Waals surface area contributed by atoms with Gasteiger partial charge in [-0.3, -0.25) is 14.4 Å². The average Bonchev–Trinajstić information content (AvgIpc) is 2.66. The Morgan fingerprint density at radius 1 is 0.862 bits per heavy atom. The quantitative estimate of drug-likeness (QED) is 0.236. The molecule has 0 spiro atoms. The van der Waals surface area contributed by atoms with E-state index in [2.05, 4.69) is 17.6 Å². The maximum atomic E-state index is 12.7. The van der Waals surface area contributed by atoms with Crippen molar-refractivity contribution in [3.8, 4) is 0 Å². The summed E-state index contributed by atoms with van der Waals surface area (Å²) in [5.41, 5.74) is 11.2. The van der Waals surface area contributed by atoms with Crippen LogP contribution >= 0.6 is 0 Å². The van der Waals surface area contributed by atoms with Gasteiger partial charge in [0.2, 0.25) is 11.8 Å². The first-order valence-electron chi connectivity index (χ1n) is 10.9. The Bertz CT molecular complexity index is 497. The van der Waals surface area contributed by atoms with Gasteiger partial charge >= 0.3 is 0 Å². The summed E-state index contributed by atoms with van der Waals surface area (Å²) in [5.74, 6) is -1.57. The van der Waals surface area contributed by atoms with Crippen molar-refractivity contribution in [2.45, 2.75) is 90.8 Å².